The summed E-state index contributed by atoms with van der Waals surface area (Å²) < 4.78 is 33.5. The monoisotopic (exact) mass is 903 g/mol. The van der Waals surface area contributed by atoms with Gasteiger partial charge in [0.2, 0.25) is 0 Å². The molecule has 11 atom stereocenters. The van der Waals surface area contributed by atoms with Gasteiger partial charge in [0.15, 0.2) is 18.7 Å². The molecule has 0 amide bonds. The van der Waals surface area contributed by atoms with Crippen molar-refractivity contribution in [3.05, 3.63) is 24.3 Å². The van der Waals surface area contributed by atoms with Gasteiger partial charge in [0.25, 0.3) is 0 Å². The highest BCUT2D eigenvalue weighted by molar-refractivity contribution is 5.70. The van der Waals surface area contributed by atoms with Gasteiger partial charge in [-0.05, 0) is 64.2 Å². The zero-order chi connectivity index (χ0) is 46.1. The van der Waals surface area contributed by atoms with Gasteiger partial charge in [0.1, 0.15) is 55.4 Å². The van der Waals surface area contributed by atoms with Crippen molar-refractivity contribution < 1.29 is 73.8 Å². The lowest BCUT2D eigenvalue weighted by Crippen LogP contribution is -2.61. The fourth-order valence-electron chi connectivity index (χ4n) is 7.56. The number of aliphatic hydroxyl groups excluding tert-OH is 7. The lowest BCUT2D eigenvalue weighted by Gasteiger charge is -2.42. The molecular formula is C48H86O15. The molecule has 0 bridgehead atoms. The minimum atomic E-state index is -1.77. The van der Waals surface area contributed by atoms with Crippen LogP contribution in [0.2, 0.25) is 0 Å². The van der Waals surface area contributed by atoms with Crippen molar-refractivity contribution in [3.63, 3.8) is 0 Å². The van der Waals surface area contributed by atoms with Gasteiger partial charge in [-0.1, -0.05) is 122 Å². The van der Waals surface area contributed by atoms with Gasteiger partial charge in [-0.25, -0.2) is 0 Å². The van der Waals surface area contributed by atoms with Crippen LogP contribution in [0.25, 0.3) is 0 Å². The van der Waals surface area contributed by atoms with Crippen molar-refractivity contribution in [2.24, 2.45) is 0 Å². The van der Waals surface area contributed by atoms with Gasteiger partial charge in [-0.3, -0.25) is 9.59 Å². The summed E-state index contributed by atoms with van der Waals surface area (Å²) in [5.41, 5.74) is 0. The number of rotatable bonds is 37. The van der Waals surface area contributed by atoms with Gasteiger partial charge in [0, 0.05) is 12.8 Å². The largest absolute Gasteiger partial charge is 0.462 e. The predicted octanol–water partition coefficient (Wildman–Crippen LogP) is 5.99. The molecule has 0 aromatic carbocycles. The summed E-state index contributed by atoms with van der Waals surface area (Å²) in [4.78, 5) is 25.6. The first-order valence-corrected chi connectivity index (χ1v) is 24.4. The molecule has 368 valence electrons. The molecule has 0 radical (unpaired) electrons. The van der Waals surface area contributed by atoms with Crippen molar-refractivity contribution in [2.75, 3.05) is 26.4 Å². The lowest BCUT2D eigenvalue weighted by atomic mass is 9.98. The van der Waals surface area contributed by atoms with E-state index in [0.29, 0.717) is 12.8 Å². The van der Waals surface area contributed by atoms with E-state index in [1.54, 1.807) is 0 Å². The van der Waals surface area contributed by atoms with E-state index in [-0.39, 0.29) is 26.1 Å². The zero-order valence-corrected chi connectivity index (χ0v) is 38.6. The van der Waals surface area contributed by atoms with Crippen molar-refractivity contribution in [1.82, 2.24) is 0 Å². The molecular weight excluding hydrogens is 817 g/mol. The molecule has 2 fully saturated rings. The lowest BCUT2D eigenvalue weighted by molar-refractivity contribution is -0.332. The molecule has 0 aromatic rings. The summed E-state index contributed by atoms with van der Waals surface area (Å²) in [6.45, 7) is 2.52. The van der Waals surface area contributed by atoms with Crippen LogP contribution in [0, 0.1) is 0 Å². The molecule has 4 unspecified atom stereocenters. The third-order valence-electron chi connectivity index (χ3n) is 11.7. The summed E-state index contributed by atoms with van der Waals surface area (Å²) in [5, 5.41) is 71.9. The molecule has 2 heterocycles. The number of aliphatic hydroxyl groups is 7. The van der Waals surface area contributed by atoms with Crippen molar-refractivity contribution in [2.45, 2.75) is 242 Å². The van der Waals surface area contributed by atoms with Gasteiger partial charge in [-0.2, -0.15) is 0 Å². The number of carbonyl (C=O) groups is 2. The summed E-state index contributed by atoms with van der Waals surface area (Å²) in [6, 6.07) is 0. The Labute approximate surface area is 377 Å². The van der Waals surface area contributed by atoms with E-state index >= 15 is 0 Å². The molecule has 0 aromatic heterocycles. The van der Waals surface area contributed by atoms with Crippen molar-refractivity contribution >= 4 is 11.9 Å². The Morgan fingerprint density at radius 2 is 0.905 bits per heavy atom. The zero-order valence-electron chi connectivity index (χ0n) is 38.6. The van der Waals surface area contributed by atoms with Crippen LogP contribution >= 0.6 is 0 Å². The van der Waals surface area contributed by atoms with Crippen molar-refractivity contribution in [1.29, 1.82) is 0 Å². The molecule has 2 aliphatic rings. The van der Waals surface area contributed by atoms with Crippen molar-refractivity contribution in [3.8, 4) is 0 Å². The van der Waals surface area contributed by atoms with E-state index in [4.69, 9.17) is 28.4 Å². The average molecular weight is 903 g/mol. The molecule has 63 heavy (non-hydrogen) atoms. The summed E-state index contributed by atoms with van der Waals surface area (Å²) in [7, 11) is 0. The molecule has 15 heteroatoms. The highest BCUT2D eigenvalue weighted by Crippen LogP contribution is 2.26. The third-order valence-corrected chi connectivity index (χ3v) is 11.7. The first-order valence-electron chi connectivity index (χ1n) is 24.4. The molecule has 7 N–H and O–H groups in total. The molecule has 0 saturated carbocycles. The molecule has 0 aliphatic carbocycles. The number of allylic oxidation sites excluding steroid dienone is 4. The van der Waals surface area contributed by atoms with Crippen LogP contribution in [0.1, 0.15) is 174 Å². The van der Waals surface area contributed by atoms with Crippen LogP contribution in [-0.2, 0) is 38.0 Å². The SMILES string of the molecule is CCCCC/C=C/CCCCCCCC(=O)O[C@H](COC(=O)CCCC/C=C/CCCCCCCCCCC)CO[C@@H]1O[C@H](CO[C@@H]2O[C@H](CO)[C@H](O)C(O)C2O)[C@H](O)C(O)C1O. The van der Waals surface area contributed by atoms with E-state index < -0.39 is 92.7 Å². The van der Waals surface area contributed by atoms with E-state index in [1.165, 1.54) is 77.0 Å². The molecule has 2 saturated heterocycles. The standard InChI is InChI=1S/C48H86O15/c1-3-5-7-9-11-13-15-17-18-19-21-22-24-26-28-30-39(50)58-33-36(61-40(51)31-29-27-25-23-20-16-14-12-10-8-6-4-2)34-59-47-46(57)44(55)42(53)38(63-47)35-60-48-45(56)43(54)41(52)37(32-49)62-48/h12,14,21-22,36-38,41-49,52-57H,3-11,13,15-20,23-35H2,1-2H3/b14-12+,22-21+/t36-,37-,38-,41+,42+,43?,44?,45?,46?,47-,48-/m1/s1. The molecule has 2 aliphatic heterocycles. The summed E-state index contributed by atoms with van der Waals surface area (Å²) >= 11 is 0. The number of ether oxygens (including phenoxy) is 6. The number of hydrogen-bond acceptors (Lipinski definition) is 15. The quantitative estimate of drug-likeness (QED) is 0.0216. The highest BCUT2D eigenvalue weighted by atomic mass is 16.7. The number of unbranched alkanes of at least 4 members (excludes halogenated alkanes) is 19. The first kappa shape index (κ1) is 57.1. The van der Waals surface area contributed by atoms with Crippen LogP contribution in [0.15, 0.2) is 24.3 Å². The topological polar surface area (TPSA) is 231 Å². The van der Waals surface area contributed by atoms with Gasteiger partial charge in [0.05, 0.1) is 19.8 Å². The third kappa shape index (κ3) is 24.9. The van der Waals surface area contributed by atoms with Gasteiger partial charge < -0.3 is 64.2 Å². The summed E-state index contributed by atoms with van der Waals surface area (Å²) in [5.74, 6) is -0.960. The Hall–Kier alpha value is -2.02. The molecule has 2 rings (SSSR count). The maximum absolute atomic E-state index is 12.9. The van der Waals surface area contributed by atoms with E-state index in [1.807, 2.05) is 0 Å². The van der Waals surface area contributed by atoms with E-state index in [0.717, 1.165) is 57.8 Å². The van der Waals surface area contributed by atoms with E-state index in [9.17, 15) is 45.3 Å². The Kier molecular flexibility index (Phi) is 32.8. The Morgan fingerprint density at radius 3 is 1.46 bits per heavy atom. The fourth-order valence-corrected chi connectivity index (χ4v) is 7.56. The first-order chi connectivity index (χ1) is 30.5. The normalized spacial score (nSPS) is 27.0. The Balaban J connectivity index is 1.84. The van der Waals surface area contributed by atoms with Crippen LogP contribution < -0.4 is 0 Å². The summed E-state index contributed by atoms with van der Waals surface area (Å²) in [6.07, 6.45) is 17.9. The van der Waals surface area contributed by atoms with Crippen LogP contribution in [0.4, 0.5) is 0 Å². The minimum Gasteiger partial charge on any atom is -0.462 e. The average Bonchev–Trinajstić information content (AvgIpc) is 3.28. The van der Waals surface area contributed by atoms with Crippen LogP contribution in [0.3, 0.4) is 0 Å². The molecule has 15 nitrogen and oxygen atoms in total. The number of esters is 2. The predicted molar refractivity (Wildman–Crippen MR) is 238 cm³/mol. The Bertz CT molecular complexity index is 1200. The highest BCUT2D eigenvalue weighted by Gasteiger charge is 2.47. The van der Waals surface area contributed by atoms with Gasteiger partial charge in [-0.15, -0.1) is 0 Å². The number of carbonyl (C=O) groups excluding carboxylic acids is 2. The maximum atomic E-state index is 12.9. The van der Waals surface area contributed by atoms with E-state index in [2.05, 4.69) is 38.2 Å². The second-order valence-corrected chi connectivity index (χ2v) is 17.3. The fraction of sp³-hybridized carbons (Fsp3) is 0.875. The Morgan fingerprint density at radius 1 is 0.492 bits per heavy atom. The minimum absolute atomic E-state index is 0.152. The smallest absolute Gasteiger partial charge is 0.306 e. The maximum Gasteiger partial charge on any atom is 0.306 e. The molecule has 0 spiro atoms. The second-order valence-electron chi connectivity index (χ2n) is 17.3. The van der Waals surface area contributed by atoms with Crippen LogP contribution in [-0.4, -0.2) is 142 Å². The van der Waals surface area contributed by atoms with Gasteiger partial charge >= 0.3 is 11.9 Å². The number of hydrogen-bond donors (Lipinski definition) is 7. The second kappa shape index (κ2) is 36.1. The van der Waals surface area contributed by atoms with Crippen LogP contribution in [0.5, 0.6) is 0 Å².